The highest BCUT2D eigenvalue weighted by Gasteiger charge is 2.27. The Hall–Kier alpha value is -3.23. The molecule has 1 amide bonds. The molecule has 1 aliphatic heterocycles. The number of carbonyl (C=O) groups excluding carboxylic acids is 1. The van der Waals surface area contributed by atoms with Crippen LogP contribution in [0.3, 0.4) is 0 Å². The molecule has 1 saturated heterocycles. The van der Waals surface area contributed by atoms with Crippen LogP contribution in [0.25, 0.3) is 11.3 Å². The minimum Gasteiger partial charge on any atom is -0.346 e. The van der Waals surface area contributed by atoms with E-state index in [1.807, 2.05) is 32.4 Å². The van der Waals surface area contributed by atoms with Crippen molar-refractivity contribution in [3.05, 3.63) is 42.1 Å². The molecule has 0 spiro atoms. The van der Waals surface area contributed by atoms with Crippen LogP contribution >= 0.6 is 0 Å². The zero-order chi connectivity index (χ0) is 20.4. The molecule has 9 heteroatoms. The lowest BCUT2D eigenvalue weighted by Gasteiger charge is -2.17. The summed E-state index contributed by atoms with van der Waals surface area (Å²) in [5, 5.41) is 11.7. The van der Waals surface area contributed by atoms with Crippen molar-refractivity contribution >= 4 is 11.9 Å². The lowest BCUT2D eigenvalue weighted by Crippen LogP contribution is -2.38. The van der Waals surface area contributed by atoms with Crippen molar-refractivity contribution in [3.8, 4) is 11.3 Å². The Balaban J connectivity index is 1.41. The highest BCUT2D eigenvalue weighted by atomic mass is 16.2. The number of hydrogen-bond acceptors (Lipinski definition) is 6. The maximum Gasteiger partial charge on any atom is 0.269 e. The summed E-state index contributed by atoms with van der Waals surface area (Å²) in [4.78, 5) is 23.9. The van der Waals surface area contributed by atoms with Crippen molar-refractivity contribution in [2.24, 2.45) is 14.1 Å². The minimum atomic E-state index is -0.0840. The van der Waals surface area contributed by atoms with Gasteiger partial charge in [-0.05, 0) is 25.0 Å². The average molecular weight is 394 g/mol. The van der Waals surface area contributed by atoms with Gasteiger partial charge in [0.2, 0.25) is 5.95 Å². The normalized spacial score (nSPS) is 16.4. The van der Waals surface area contributed by atoms with Gasteiger partial charge >= 0.3 is 0 Å². The summed E-state index contributed by atoms with van der Waals surface area (Å²) in [6.45, 7) is 3.59. The van der Waals surface area contributed by atoms with Gasteiger partial charge in [-0.1, -0.05) is 13.3 Å². The second-order valence-electron chi connectivity index (χ2n) is 7.44. The van der Waals surface area contributed by atoms with Crippen LogP contribution in [-0.2, 0) is 20.5 Å². The Morgan fingerprint density at radius 1 is 1.34 bits per heavy atom. The third kappa shape index (κ3) is 4.13. The highest BCUT2D eigenvalue weighted by molar-refractivity contribution is 5.93. The van der Waals surface area contributed by atoms with E-state index in [0.717, 1.165) is 42.8 Å². The van der Waals surface area contributed by atoms with Crippen LogP contribution in [-0.4, -0.2) is 54.6 Å². The molecular weight excluding hydrogens is 368 g/mol. The molecule has 0 saturated carbocycles. The number of nitrogens with zero attached hydrogens (tertiary/aromatic N) is 7. The van der Waals surface area contributed by atoms with Crippen molar-refractivity contribution in [1.29, 1.82) is 0 Å². The molecule has 0 aliphatic carbocycles. The Morgan fingerprint density at radius 3 is 2.97 bits per heavy atom. The van der Waals surface area contributed by atoms with Gasteiger partial charge < -0.3 is 10.2 Å². The molecular formula is C20H26N8O. The quantitative estimate of drug-likeness (QED) is 0.682. The predicted octanol–water partition coefficient (Wildman–Crippen LogP) is 1.57. The van der Waals surface area contributed by atoms with E-state index >= 15 is 0 Å². The van der Waals surface area contributed by atoms with Gasteiger partial charge in [0.05, 0.1) is 17.6 Å². The first-order valence-corrected chi connectivity index (χ1v) is 9.94. The van der Waals surface area contributed by atoms with Crippen molar-refractivity contribution in [1.82, 2.24) is 34.8 Å². The van der Waals surface area contributed by atoms with E-state index in [1.54, 1.807) is 21.8 Å². The molecule has 29 heavy (non-hydrogen) atoms. The Labute approximate surface area is 169 Å². The van der Waals surface area contributed by atoms with Crippen molar-refractivity contribution in [2.45, 2.75) is 32.2 Å². The molecule has 0 bridgehead atoms. The highest BCUT2D eigenvalue weighted by Crippen LogP contribution is 2.21. The number of aromatic nitrogens is 6. The van der Waals surface area contributed by atoms with E-state index in [4.69, 9.17) is 0 Å². The summed E-state index contributed by atoms with van der Waals surface area (Å²) in [5.74, 6) is 0.591. The number of aryl methyl sites for hydroxylation is 3. The van der Waals surface area contributed by atoms with Crippen LogP contribution in [0, 0.1) is 0 Å². The van der Waals surface area contributed by atoms with Gasteiger partial charge in [-0.2, -0.15) is 10.2 Å². The van der Waals surface area contributed by atoms with E-state index in [1.165, 1.54) is 0 Å². The standard InChI is InChI=1S/C20H26N8O/c1-4-5-15-10-18(27(3)25-15)19(29)23-16-7-9-28(13-16)20-21-8-6-17(24-20)14-11-22-26(2)12-14/h6,8,10-12,16H,4-5,7,9,13H2,1-3H3,(H,23,29). The second-order valence-corrected chi connectivity index (χ2v) is 7.44. The van der Waals surface area contributed by atoms with Crippen LogP contribution in [0.4, 0.5) is 5.95 Å². The third-order valence-electron chi connectivity index (χ3n) is 5.12. The molecule has 1 unspecified atom stereocenters. The molecule has 3 aromatic heterocycles. The van der Waals surface area contributed by atoms with E-state index in [0.29, 0.717) is 18.2 Å². The Kier molecular flexibility index (Phi) is 5.28. The lowest BCUT2D eigenvalue weighted by molar-refractivity contribution is 0.0931. The monoisotopic (exact) mass is 394 g/mol. The largest absolute Gasteiger partial charge is 0.346 e. The van der Waals surface area contributed by atoms with Crippen LogP contribution in [0.2, 0.25) is 0 Å². The van der Waals surface area contributed by atoms with Gasteiger partial charge in [-0.3, -0.25) is 14.2 Å². The number of hydrogen-bond donors (Lipinski definition) is 1. The molecule has 4 heterocycles. The summed E-state index contributed by atoms with van der Waals surface area (Å²) in [5.41, 5.74) is 3.35. The number of anilines is 1. The molecule has 1 atom stereocenters. The van der Waals surface area contributed by atoms with Crippen LogP contribution in [0.5, 0.6) is 0 Å². The Bertz CT molecular complexity index is 1010. The molecule has 152 valence electrons. The van der Waals surface area contributed by atoms with Gasteiger partial charge in [0.1, 0.15) is 5.69 Å². The summed E-state index contributed by atoms with van der Waals surface area (Å²) in [6.07, 6.45) is 8.23. The van der Waals surface area contributed by atoms with Gasteiger partial charge in [-0.25, -0.2) is 9.97 Å². The maximum atomic E-state index is 12.7. The smallest absolute Gasteiger partial charge is 0.269 e. The molecule has 0 radical (unpaired) electrons. The van der Waals surface area contributed by atoms with Crippen LogP contribution < -0.4 is 10.2 Å². The SMILES string of the molecule is CCCc1cc(C(=O)NC2CCN(c3nccc(-c4cnn(C)c4)n3)C2)n(C)n1. The van der Waals surface area contributed by atoms with Crippen molar-refractivity contribution < 1.29 is 4.79 Å². The zero-order valence-electron chi connectivity index (χ0n) is 17.0. The first-order valence-electron chi connectivity index (χ1n) is 9.94. The Morgan fingerprint density at radius 2 is 2.21 bits per heavy atom. The molecule has 3 aromatic rings. The molecule has 4 rings (SSSR count). The van der Waals surface area contributed by atoms with Gasteiger partial charge in [0, 0.05) is 51.2 Å². The average Bonchev–Trinajstić information content (AvgIpc) is 3.43. The number of carbonyl (C=O) groups is 1. The summed E-state index contributed by atoms with van der Waals surface area (Å²) in [7, 11) is 3.69. The summed E-state index contributed by atoms with van der Waals surface area (Å²) in [6, 6.07) is 3.82. The zero-order valence-corrected chi connectivity index (χ0v) is 17.0. The molecule has 0 aromatic carbocycles. The molecule has 1 N–H and O–H groups in total. The predicted molar refractivity (Wildman–Crippen MR) is 110 cm³/mol. The summed E-state index contributed by atoms with van der Waals surface area (Å²) < 4.78 is 3.41. The van der Waals surface area contributed by atoms with E-state index in [2.05, 4.69) is 37.3 Å². The van der Waals surface area contributed by atoms with E-state index in [9.17, 15) is 4.79 Å². The molecule has 1 aliphatic rings. The molecule has 1 fully saturated rings. The van der Waals surface area contributed by atoms with E-state index in [-0.39, 0.29) is 11.9 Å². The van der Waals surface area contributed by atoms with Gasteiger partial charge in [0.25, 0.3) is 5.91 Å². The number of nitrogens with one attached hydrogen (secondary N) is 1. The fourth-order valence-electron chi connectivity index (χ4n) is 3.65. The fourth-order valence-corrected chi connectivity index (χ4v) is 3.65. The second kappa shape index (κ2) is 8.02. The molecule has 9 nitrogen and oxygen atoms in total. The minimum absolute atomic E-state index is 0.0534. The maximum absolute atomic E-state index is 12.7. The number of amides is 1. The summed E-state index contributed by atoms with van der Waals surface area (Å²) >= 11 is 0. The lowest BCUT2D eigenvalue weighted by atomic mass is 10.2. The number of rotatable bonds is 6. The van der Waals surface area contributed by atoms with Crippen molar-refractivity contribution in [2.75, 3.05) is 18.0 Å². The van der Waals surface area contributed by atoms with Crippen LogP contribution in [0.15, 0.2) is 30.7 Å². The van der Waals surface area contributed by atoms with Gasteiger partial charge in [0.15, 0.2) is 0 Å². The third-order valence-corrected chi connectivity index (χ3v) is 5.12. The van der Waals surface area contributed by atoms with Crippen molar-refractivity contribution in [3.63, 3.8) is 0 Å². The first kappa shape index (κ1) is 19.1. The van der Waals surface area contributed by atoms with E-state index < -0.39 is 0 Å². The first-order chi connectivity index (χ1) is 14.0. The fraction of sp³-hybridized carbons (Fsp3) is 0.450. The van der Waals surface area contributed by atoms with Gasteiger partial charge in [-0.15, -0.1) is 0 Å². The topological polar surface area (TPSA) is 93.8 Å². The van der Waals surface area contributed by atoms with Crippen LogP contribution in [0.1, 0.15) is 35.9 Å².